The predicted octanol–water partition coefficient (Wildman–Crippen LogP) is 3.32. The van der Waals surface area contributed by atoms with Crippen LogP contribution in [-0.2, 0) is 13.1 Å². The smallest absolute Gasteiger partial charge is 0.119 e. The number of hydrogen-bond acceptors (Lipinski definition) is 4. The largest absolute Gasteiger partial charge is 0.497 e. The zero-order valence-electron chi connectivity index (χ0n) is 13.1. The summed E-state index contributed by atoms with van der Waals surface area (Å²) >= 11 is 1.82. The van der Waals surface area contributed by atoms with Gasteiger partial charge in [-0.05, 0) is 43.2 Å². The Kier molecular flexibility index (Phi) is 6.23. The van der Waals surface area contributed by atoms with Crippen molar-refractivity contribution in [3.8, 4) is 5.75 Å². The summed E-state index contributed by atoms with van der Waals surface area (Å²) in [5, 5.41) is 2.14. The minimum Gasteiger partial charge on any atom is -0.497 e. The van der Waals surface area contributed by atoms with E-state index in [0.29, 0.717) is 0 Å². The summed E-state index contributed by atoms with van der Waals surface area (Å²) in [7, 11) is 5.96. The molecule has 21 heavy (non-hydrogen) atoms. The van der Waals surface area contributed by atoms with Crippen LogP contribution < -0.4 is 4.74 Å². The van der Waals surface area contributed by atoms with E-state index in [0.717, 1.165) is 31.9 Å². The zero-order chi connectivity index (χ0) is 15.1. The molecule has 0 radical (unpaired) electrons. The van der Waals surface area contributed by atoms with E-state index in [1.165, 1.54) is 10.4 Å². The highest BCUT2D eigenvalue weighted by molar-refractivity contribution is 7.09. The van der Waals surface area contributed by atoms with Crippen LogP contribution in [-0.4, -0.2) is 44.1 Å². The summed E-state index contributed by atoms with van der Waals surface area (Å²) in [6, 6.07) is 12.7. The van der Waals surface area contributed by atoms with Crippen molar-refractivity contribution in [3.05, 3.63) is 52.2 Å². The lowest BCUT2D eigenvalue weighted by Crippen LogP contribution is -2.30. The molecular weight excluding hydrogens is 280 g/mol. The first-order valence-electron chi connectivity index (χ1n) is 7.20. The van der Waals surface area contributed by atoms with Crippen LogP contribution in [0.15, 0.2) is 41.8 Å². The standard InChI is InChI=1S/C17H24N2OS/c1-18(2)9-10-19(14-17-8-5-11-21-17)13-15-6-4-7-16(12-15)20-3/h4-8,11-12H,9-10,13-14H2,1-3H3. The Hall–Kier alpha value is -1.36. The normalized spacial score (nSPS) is 11.3. The molecule has 0 fully saturated rings. The van der Waals surface area contributed by atoms with Crippen LogP contribution in [0.4, 0.5) is 0 Å². The van der Waals surface area contributed by atoms with Crippen molar-refractivity contribution in [1.29, 1.82) is 0 Å². The van der Waals surface area contributed by atoms with Gasteiger partial charge in [0.15, 0.2) is 0 Å². The van der Waals surface area contributed by atoms with Crippen LogP contribution in [0.2, 0.25) is 0 Å². The molecule has 0 bridgehead atoms. The minimum absolute atomic E-state index is 0.927. The van der Waals surface area contributed by atoms with E-state index in [9.17, 15) is 0 Å². The molecular formula is C17H24N2OS. The summed E-state index contributed by atoms with van der Waals surface area (Å²) in [5.74, 6) is 0.927. The second-order valence-electron chi connectivity index (χ2n) is 5.44. The Morgan fingerprint density at radius 2 is 1.90 bits per heavy atom. The lowest BCUT2D eigenvalue weighted by Gasteiger charge is -2.24. The number of rotatable bonds is 8. The summed E-state index contributed by atoms with van der Waals surface area (Å²) < 4.78 is 5.32. The molecule has 0 spiro atoms. The third kappa shape index (κ3) is 5.50. The predicted molar refractivity (Wildman–Crippen MR) is 90.0 cm³/mol. The highest BCUT2D eigenvalue weighted by Gasteiger charge is 2.09. The van der Waals surface area contributed by atoms with Crippen molar-refractivity contribution in [3.63, 3.8) is 0 Å². The Balaban J connectivity index is 2.02. The zero-order valence-corrected chi connectivity index (χ0v) is 13.9. The summed E-state index contributed by atoms with van der Waals surface area (Å²) in [4.78, 5) is 6.13. The molecule has 3 nitrogen and oxygen atoms in total. The molecule has 1 aromatic carbocycles. The Morgan fingerprint density at radius 3 is 2.57 bits per heavy atom. The molecule has 0 atom stereocenters. The fourth-order valence-electron chi connectivity index (χ4n) is 2.21. The molecule has 0 unspecified atom stereocenters. The number of benzene rings is 1. The average molecular weight is 304 g/mol. The van der Waals surface area contributed by atoms with Crippen LogP contribution in [0, 0.1) is 0 Å². The summed E-state index contributed by atoms with van der Waals surface area (Å²) in [6.45, 7) is 4.07. The molecule has 0 amide bonds. The lowest BCUT2D eigenvalue weighted by molar-refractivity contribution is 0.227. The van der Waals surface area contributed by atoms with Crippen molar-refractivity contribution in [2.45, 2.75) is 13.1 Å². The Labute approximate surface area is 131 Å². The van der Waals surface area contributed by atoms with E-state index in [1.54, 1.807) is 7.11 Å². The number of likely N-dealkylation sites (N-methyl/N-ethyl adjacent to an activating group) is 1. The van der Waals surface area contributed by atoms with E-state index in [4.69, 9.17) is 4.74 Å². The molecule has 0 aliphatic rings. The number of nitrogens with zero attached hydrogens (tertiary/aromatic N) is 2. The Morgan fingerprint density at radius 1 is 1.05 bits per heavy atom. The fraction of sp³-hybridized carbons (Fsp3) is 0.412. The first-order valence-corrected chi connectivity index (χ1v) is 8.08. The van der Waals surface area contributed by atoms with Gasteiger partial charge in [-0.15, -0.1) is 11.3 Å². The first-order chi connectivity index (χ1) is 10.2. The van der Waals surface area contributed by atoms with Crippen LogP contribution in [0.5, 0.6) is 5.75 Å². The first kappa shape index (κ1) is 16.0. The molecule has 4 heteroatoms. The van der Waals surface area contributed by atoms with Gasteiger partial charge >= 0.3 is 0 Å². The molecule has 1 aromatic heterocycles. The van der Waals surface area contributed by atoms with Gasteiger partial charge in [0, 0.05) is 31.1 Å². The van der Waals surface area contributed by atoms with E-state index in [-0.39, 0.29) is 0 Å². The number of methoxy groups -OCH3 is 1. The SMILES string of the molecule is COc1cccc(CN(CCN(C)C)Cc2cccs2)c1. The van der Waals surface area contributed by atoms with Gasteiger partial charge in [-0.2, -0.15) is 0 Å². The summed E-state index contributed by atoms with van der Waals surface area (Å²) in [5.41, 5.74) is 1.30. The van der Waals surface area contributed by atoms with Crippen LogP contribution >= 0.6 is 11.3 Å². The van der Waals surface area contributed by atoms with E-state index in [2.05, 4.69) is 59.6 Å². The van der Waals surface area contributed by atoms with E-state index >= 15 is 0 Å². The van der Waals surface area contributed by atoms with Crippen LogP contribution in [0.1, 0.15) is 10.4 Å². The molecule has 0 aliphatic heterocycles. The number of ether oxygens (including phenoxy) is 1. The molecule has 2 aromatic rings. The van der Waals surface area contributed by atoms with Crippen molar-refractivity contribution in [1.82, 2.24) is 9.80 Å². The summed E-state index contributed by atoms with van der Waals surface area (Å²) in [6.07, 6.45) is 0. The Bertz CT molecular complexity index is 525. The maximum Gasteiger partial charge on any atom is 0.119 e. The molecule has 114 valence electrons. The molecule has 0 N–H and O–H groups in total. The third-order valence-electron chi connectivity index (χ3n) is 3.36. The van der Waals surface area contributed by atoms with Crippen LogP contribution in [0.25, 0.3) is 0 Å². The second kappa shape index (κ2) is 8.17. The van der Waals surface area contributed by atoms with Gasteiger partial charge < -0.3 is 9.64 Å². The third-order valence-corrected chi connectivity index (χ3v) is 4.22. The van der Waals surface area contributed by atoms with E-state index < -0.39 is 0 Å². The van der Waals surface area contributed by atoms with Gasteiger partial charge in [0.25, 0.3) is 0 Å². The van der Waals surface area contributed by atoms with Crippen molar-refractivity contribution >= 4 is 11.3 Å². The monoisotopic (exact) mass is 304 g/mol. The van der Waals surface area contributed by atoms with Crippen molar-refractivity contribution in [2.24, 2.45) is 0 Å². The van der Waals surface area contributed by atoms with Gasteiger partial charge in [-0.3, -0.25) is 4.90 Å². The van der Waals surface area contributed by atoms with Gasteiger partial charge in [0.2, 0.25) is 0 Å². The highest BCUT2D eigenvalue weighted by Crippen LogP contribution is 2.17. The minimum atomic E-state index is 0.927. The quantitative estimate of drug-likeness (QED) is 0.744. The van der Waals surface area contributed by atoms with Gasteiger partial charge in [-0.25, -0.2) is 0 Å². The highest BCUT2D eigenvalue weighted by atomic mass is 32.1. The maximum atomic E-state index is 5.32. The second-order valence-corrected chi connectivity index (χ2v) is 6.48. The lowest BCUT2D eigenvalue weighted by atomic mass is 10.2. The molecule has 2 rings (SSSR count). The average Bonchev–Trinajstić information content (AvgIpc) is 2.98. The van der Waals surface area contributed by atoms with Crippen molar-refractivity contribution in [2.75, 3.05) is 34.3 Å². The van der Waals surface area contributed by atoms with Crippen LogP contribution in [0.3, 0.4) is 0 Å². The number of thiophene rings is 1. The molecule has 1 heterocycles. The molecule has 0 saturated carbocycles. The fourth-order valence-corrected chi connectivity index (χ4v) is 2.95. The number of hydrogen-bond donors (Lipinski definition) is 0. The van der Waals surface area contributed by atoms with Gasteiger partial charge in [0.05, 0.1) is 7.11 Å². The topological polar surface area (TPSA) is 15.7 Å². The molecule has 0 saturated heterocycles. The van der Waals surface area contributed by atoms with Gasteiger partial charge in [0.1, 0.15) is 5.75 Å². The van der Waals surface area contributed by atoms with Crippen molar-refractivity contribution < 1.29 is 4.74 Å². The van der Waals surface area contributed by atoms with E-state index in [1.807, 2.05) is 17.4 Å². The maximum absolute atomic E-state index is 5.32. The van der Waals surface area contributed by atoms with Gasteiger partial charge in [-0.1, -0.05) is 18.2 Å². The molecule has 0 aliphatic carbocycles.